The monoisotopic (exact) mass is 457 g/mol. The molecule has 0 aliphatic rings. The molecule has 0 spiro atoms. The third-order valence-electron chi connectivity index (χ3n) is 4.37. The maximum absolute atomic E-state index is 13.2. The number of rotatable bonds is 5. The highest BCUT2D eigenvalue weighted by Crippen LogP contribution is 2.35. The number of hydrogen-bond acceptors (Lipinski definition) is 7. The Hall–Kier alpha value is -3.78. The van der Waals surface area contributed by atoms with Gasteiger partial charge >= 0.3 is 12.4 Å². The van der Waals surface area contributed by atoms with Crippen LogP contribution < -0.4 is 5.32 Å². The van der Waals surface area contributed by atoms with Crippen molar-refractivity contribution in [3.63, 3.8) is 0 Å². The fraction of sp³-hybridized carbons (Fsp3) is 0.294. The van der Waals surface area contributed by atoms with E-state index in [1.54, 1.807) is 6.07 Å². The maximum atomic E-state index is 13.2. The largest absolute Gasteiger partial charge is 0.416 e. The Bertz CT molecular complexity index is 1230. The topological polar surface area (TPSA) is 99.2 Å². The van der Waals surface area contributed by atoms with Gasteiger partial charge in [0.2, 0.25) is 0 Å². The number of fused-ring (bicyclic) bond motifs is 1. The normalized spacial score (nSPS) is 13.5. The molecule has 0 aliphatic carbocycles. The van der Waals surface area contributed by atoms with Crippen LogP contribution >= 0.6 is 0 Å². The van der Waals surface area contributed by atoms with E-state index in [2.05, 4.69) is 35.9 Å². The molecular weight excluding hydrogens is 444 g/mol. The first-order valence-corrected chi connectivity index (χ1v) is 8.99. The van der Waals surface area contributed by atoms with Gasteiger partial charge in [-0.15, -0.1) is 5.10 Å². The van der Waals surface area contributed by atoms with Crippen LogP contribution in [-0.2, 0) is 12.7 Å². The second-order valence-electron chi connectivity index (χ2n) is 6.71. The molecule has 3 aromatic heterocycles. The van der Waals surface area contributed by atoms with Gasteiger partial charge in [0.15, 0.2) is 5.82 Å². The first-order valence-electron chi connectivity index (χ1n) is 8.99. The predicted molar refractivity (Wildman–Crippen MR) is 97.6 cm³/mol. The molecule has 4 aromatic rings. The van der Waals surface area contributed by atoms with Crippen molar-refractivity contribution in [3.05, 3.63) is 48.0 Å². The zero-order valence-electron chi connectivity index (χ0n) is 16.1. The number of hydrogen-bond donors (Lipinski definition) is 1. The summed E-state index contributed by atoms with van der Waals surface area (Å²) < 4.78 is 80.5. The van der Waals surface area contributed by atoms with Crippen molar-refractivity contribution in [2.75, 3.05) is 5.32 Å². The van der Waals surface area contributed by atoms with E-state index in [0.29, 0.717) is 4.68 Å². The summed E-state index contributed by atoms with van der Waals surface area (Å²) in [6.07, 6.45) is -6.46. The SMILES string of the molecule is CC(Nc1c2cc(C(F)(F)F)ccc2nn1CC(F)(F)F)c1nnnn1-c1ncccn1. The van der Waals surface area contributed by atoms with Crippen LogP contribution in [0.1, 0.15) is 24.4 Å². The number of anilines is 1. The van der Waals surface area contributed by atoms with Gasteiger partial charge < -0.3 is 5.32 Å². The van der Waals surface area contributed by atoms with Gasteiger partial charge in [0, 0.05) is 17.8 Å². The van der Waals surface area contributed by atoms with E-state index in [4.69, 9.17) is 0 Å². The summed E-state index contributed by atoms with van der Waals surface area (Å²) in [5.41, 5.74) is -1.06. The van der Waals surface area contributed by atoms with Crippen molar-refractivity contribution in [3.8, 4) is 5.95 Å². The zero-order chi connectivity index (χ0) is 23.1. The molecule has 0 aliphatic heterocycles. The van der Waals surface area contributed by atoms with Crippen LogP contribution in [0.4, 0.5) is 32.2 Å². The van der Waals surface area contributed by atoms with Gasteiger partial charge in [-0.3, -0.25) is 0 Å². The summed E-state index contributed by atoms with van der Waals surface area (Å²) in [5, 5.41) is 17.6. The second kappa shape index (κ2) is 7.72. The second-order valence-corrected chi connectivity index (χ2v) is 6.71. The lowest BCUT2D eigenvalue weighted by atomic mass is 10.1. The van der Waals surface area contributed by atoms with Gasteiger partial charge in [-0.25, -0.2) is 14.6 Å². The summed E-state index contributed by atoms with van der Waals surface area (Å²) in [6.45, 7) is 0.0142. The Morgan fingerprint density at radius 2 is 1.78 bits per heavy atom. The lowest BCUT2D eigenvalue weighted by Gasteiger charge is -2.17. The maximum Gasteiger partial charge on any atom is 0.416 e. The first-order chi connectivity index (χ1) is 15.0. The molecule has 168 valence electrons. The van der Waals surface area contributed by atoms with Crippen molar-refractivity contribution in [1.82, 2.24) is 40.0 Å². The highest BCUT2D eigenvalue weighted by atomic mass is 19.4. The minimum Gasteiger partial charge on any atom is -0.360 e. The van der Waals surface area contributed by atoms with Crippen LogP contribution in [0, 0.1) is 0 Å². The molecule has 0 saturated heterocycles. The Kier molecular flexibility index (Phi) is 5.18. The van der Waals surface area contributed by atoms with Gasteiger partial charge in [0.05, 0.1) is 17.1 Å². The quantitative estimate of drug-likeness (QED) is 0.458. The van der Waals surface area contributed by atoms with E-state index < -0.39 is 30.5 Å². The fourth-order valence-corrected chi connectivity index (χ4v) is 3.02. The molecule has 1 unspecified atom stereocenters. The zero-order valence-corrected chi connectivity index (χ0v) is 16.1. The number of benzene rings is 1. The lowest BCUT2D eigenvalue weighted by molar-refractivity contribution is -0.142. The molecule has 1 atom stereocenters. The van der Waals surface area contributed by atoms with E-state index in [9.17, 15) is 26.3 Å². The Morgan fingerprint density at radius 1 is 1.06 bits per heavy atom. The highest BCUT2D eigenvalue weighted by molar-refractivity contribution is 5.91. The van der Waals surface area contributed by atoms with Gasteiger partial charge in [-0.1, -0.05) is 0 Å². The highest BCUT2D eigenvalue weighted by Gasteiger charge is 2.34. The van der Waals surface area contributed by atoms with Crippen LogP contribution in [0.25, 0.3) is 16.9 Å². The van der Waals surface area contributed by atoms with Crippen molar-refractivity contribution in [2.24, 2.45) is 0 Å². The summed E-state index contributed by atoms with van der Waals surface area (Å²) in [7, 11) is 0. The van der Waals surface area contributed by atoms with Gasteiger partial charge in [-0.05, 0) is 41.6 Å². The van der Waals surface area contributed by atoms with Crippen LogP contribution in [0.15, 0.2) is 36.7 Å². The first kappa shape index (κ1) is 21.5. The molecule has 0 bridgehead atoms. The van der Waals surface area contributed by atoms with Crippen molar-refractivity contribution < 1.29 is 26.3 Å². The summed E-state index contributed by atoms with van der Waals surface area (Å²) >= 11 is 0. The molecule has 1 aromatic carbocycles. The molecule has 0 fully saturated rings. The molecule has 15 heteroatoms. The number of aromatic nitrogens is 8. The molecule has 3 heterocycles. The molecule has 0 saturated carbocycles. The van der Waals surface area contributed by atoms with E-state index in [1.807, 2.05) is 0 Å². The average Bonchev–Trinajstić information content (AvgIpc) is 3.32. The molecule has 0 radical (unpaired) electrons. The molecule has 9 nitrogen and oxygen atoms in total. The van der Waals surface area contributed by atoms with Crippen molar-refractivity contribution in [2.45, 2.75) is 31.9 Å². The van der Waals surface area contributed by atoms with Crippen LogP contribution in [0.3, 0.4) is 0 Å². The van der Waals surface area contributed by atoms with E-state index in [-0.39, 0.29) is 28.5 Å². The molecule has 1 N–H and O–H groups in total. The standard InChI is InChI=1S/C17H13F6N9/c1-9(13-27-29-30-32(13)15-24-5-2-6-25-15)26-14-11-7-10(17(21,22)23)3-4-12(11)28-31(14)8-16(18,19)20/h2-7,9,26H,8H2,1H3. The molecule has 4 rings (SSSR count). The molecule has 0 amide bonds. The Balaban J connectivity index is 1.77. The number of tetrazole rings is 1. The Labute approximate surface area is 175 Å². The van der Waals surface area contributed by atoms with Gasteiger partial charge in [0.25, 0.3) is 5.95 Å². The predicted octanol–water partition coefficient (Wildman–Crippen LogP) is 3.56. The van der Waals surface area contributed by atoms with Crippen molar-refractivity contribution in [1.29, 1.82) is 0 Å². The average molecular weight is 457 g/mol. The van der Waals surface area contributed by atoms with Gasteiger partial charge in [0.1, 0.15) is 12.4 Å². The van der Waals surface area contributed by atoms with Crippen LogP contribution in [0.2, 0.25) is 0 Å². The summed E-state index contributed by atoms with van der Waals surface area (Å²) in [5.74, 6) is -0.0373. The smallest absolute Gasteiger partial charge is 0.360 e. The Morgan fingerprint density at radius 3 is 2.44 bits per heavy atom. The minimum atomic E-state index is -4.68. The number of halogens is 6. The van der Waals surface area contributed by atoms with Crippen molar-refractivity contribution >= 4 is 16.7 Å². The molecule has 32 heavy (non-hydrogen) atoms. The number of alkyl halides is 6. The fourth-order valence-electron chi connectivity index (χ4n) is 3.02. The van der Waals surface area contributed by atoms with Crippen LogP contribution in [0.5, 0.6) is 0 Å². The van der Waals surface area contributed by atoms with Gasteiger partial charge in [-0.2, -0.15) is 36.1 Å². The van der Waals surface area contributed by atoms with Crippen LogP contribution in [-0.4, -0.2) is 46.1 Å². The minimum absolute atomic E-state index is 0.0389. The third kappa shape index (κ3) is 4.31. The lowest BCUT2D eigenvalue weighted by Crippen LogP contribution is -2.22. The number of nitrogens with zero attached hydrogens (tertiary/aromatic N) is 8. The molecular formula is C17H13F6N9. The summed E-state index contributed by atoms with van der Waals surface area (Å²) in [4.78, 5) is 8.01. The van der Waals surface area contributed by atoms with E-state index in [1.165, 1.54) is 19.3 Å². The van der Waals surface area contributed by atoms with E-state index in [0.717, 1.165) is 22.9 Å². The summed E-state index contributed by atoms with van der Waals surface area (Å²) in [6, 6.07) is 3.23. The van der Waals surface area contributed by atoms with E-state index >= 15 is 0 Å². The number of nitrogens with one attached hydrogen (secondary N) is 1. The third-order valence-corrected chi connectivity index (χ3v) is 4.37.